The van der Waals surface area contributed by atoms with E-state index in [2.05, 4.69) is 15.6 Å². The van der Waals surface area contributed by atoms with Crippen molar-refractivity contribution in [1.29, 1.82) is 0 Å². The van der Waals surface area contributed by atoms with Crippen LogP contribution in [0.15, 0.2) is 96.0 Å². The number of ether oxygens (including phenoxy) is 2. The Hall–Kier alpha value is -4.17. The van der Waals surface area contributed by atoms with E-state index >= 15 is 0 Å². The third-order valence-electron chi connectivity index (χ3n) is 6.93. The first-order chi connectivity index (χ1) is 19.9. The number of alkyl carbamates (subject to hydrolysis) is 1. The minimum absolute atomic E-state index is 0.0981. The van der Waals surface area contributed by atoms with E-state index < -0.39 is 30.2 Å². The lowest BCUT2D eigenvalue weighted by Crippen LogP contribution is -2.54. The molecule has 1 heterocycles. The van der Waals surface area contributed by atoms with Gasteiger partial charge in [0.25, 0.3) is 0 Å². The summed E-state index contributed by atoms with van der Waals surface area (Å²) in [6.07, 6.45) is -0.352. The number of nitrogens with one attached hydrogen (secondary N) is 2. The maximum absolute atomic E-state index is 13.5. The van der Waals surface area contributed by atoms with E-state index in [9.17, 15) is 14.7 Å². The average molecular weight is 558 g/mol. The quantitative estimate of drug-likeness (QED) is 0.275. The first-order valence-electron chi connectivity index (χ1n) is 14.1. The second kappa shape index (κ2) is 15.0. The van der Waals surface area contributed by atoms with E-state index in [1.54, 1.807) is 0 Å². The molecule has 216 valence electrons. The zero-order valence-corrected chi connectivity index (χ0v) is 23.6. The van der Waals surface area contributed by atoms with Crippen LogP contribution in [-0.2, 0) is 27.3 Å². The summed E-state index contributed by atoms with van der Waals surface area (Å²) in [5.41, 5.74) is 2.93. The normalized spacial score (nSPS) is 16.7. The molecule has 0 bridgehead atoms. The molecule has 0 spiro atoms. The van der Waals surface area contributed by atoms with Crippen molar-refractivity contribution in [2.45, 2.75) is 63.9 Å². The molecule has 8 heteroatoms. The number of hydrogen-bond acceptors (Lipinski definition) is 6. The van der Waals surface area contributed by atoms with Crippen LogP contribution >= 0.6 is 0 Å². The summed E-state index contributed by atoms with van der Waals surface area (Å²) in [4.78, 5) is 30.8. The van der Waals surface area contributed by atoms with Gasteiger partial charge in [0.15, 0.2) is 0 Å². The Kier molecular flexibility index (Phi) is 10.9. The number of carbonyl (C=O) groups is 2. The Morgan fingerprint density at radius 3 is 2.17 bits per heavy atom. The van der Waals surface area contributed by atoms with E-state index in [1.807, 2.05) is 105 Å². The number of hydrogen-bond donors (Lipinski definition) is 3. The van der Waals surface area contributed by atoms with E-state index in [4.69, 9.17) is 9.47 Å². The molecule has 1 aliphatic heterocycles. The predicted molar refractivity (Wildman–Crippen MR) is 158 cm³/mol. The minimum atomic E-state index is -1.15. The highest BCUT2D eigenvalue weighted by atomic mass is 16.5. The van der Waals surface area contributed by atoms with Gasteiger partial charge in [0.05, 0.1) is 6.04 Å². The monoisotopic (exact) mass is 557 g/mol. The van der Waals surface area contributed by atoms with Crippen molar-refractivity contribution >= 4 is 17.9 Å². The van der Waals surface area contributed by atoms with Crippen LogP contribution in [0.5, 0.6) is 0 Å². The van der Waals surface area contributed by atoms with E-state index in [1.165, 1.54) is 0 Å². The Morgan fingerprint density at radius 2 is 1.54 bits per heavy atom. The van der Waals surface area contributed by atoms with Crippen molar-refractivity contribution in [2.75, 3.05) is 6.61 Å². The van der Waals surface area contributed by atoms with Crippen LogP contribution < -0.4 is 10.6 Å². The average Bonchev–Trinajstić information content (AvgIpc) is 3.49. The maximum atomic E-state index is 13.5. The number of benzene rings is 3. The lowest BCUT2D eigenvalue weighted by atomic mass is 9.98. The number of aryl methyl sites for hydroxylation is 1. The first-order valence-corrected chi connectivity index (χ1v) is 14.1. The van der Waals surface area contributed by atoms with Gasteiger partial charge < -0.3 is 25.2 Å². The standard InChI is InChI=1S/C33H39N3O5/c1-23(2)20-28(36-33(39)41-21-25-14-8-4-9-15-25)31(38)34-27(19-18-24-12-6-3-7-13-24)30(37)32-35-29(22-40-32)26-16-10-5-11-17-26/h3-17,23,27-30,37H,18-22H2,1-2H3,(H,34,38)(H,36,39)/t27-,28-,29+,30?/m0/s1. The molecule has 41 heavy (non-hydrogen) atoms. The third kappa shape index (κ3) is 9.18. The molecule has 3 aromatic carbocycles. The molecule has 1 aliphatic rings. The molecule has 4 atom stereocenters. The summed E-state index contributed by atoms with van der Waals surface area (Å²) < 4.78 is 11.2. The molecule has 0 radical (unpaired) electrons. The number of nitrogens with zero attached hydrogens (tertiary/aromatic N) is 1. The highest BCUT2D eigenvalue weighted by Crippen LogP contribution is 2.25. The van der Waals surface area contributed by atoms with Crippen LogP contribution in [0.1, 0.15) is 49.4 Å². The van der Waals surface area contributed by atoms with Gasteiger partial charge in [0.1, 0.15) is 31.4 Å². The van der Waals surface area contributed by atoms with Crippen molar-refractivity contribution in [1.82, 2.24) is 10.6 Å². The molecule has 0 fully saturated rings. The second-order valence-corrected chi connectivity index (χ2v) is 10.7. The second-order valence-electron chi connectivity index (χ2n) is 10.7. The predicted octanol–water partition coefficient (Wildman–Crippen LogP) is 4.98. The fraction of sp³-hybridized carbons (Fsp3) is 0.364. The van der Waals surface area contributed by atoms with Crippen molar-refractivity contribution in [2.24, 2.45) is 10.9 Å². The molecule has 8 nitrogen and oxygen atoms in total. The van der Waals surface area contributed by atoms with Crippen molar-refractivity contribution in [3.8, 4) is 0 Å². The minimum Gasteiger partial charge on any atom is -0.476 e. The molecule has 1 unspecified atom stereocenters. The summed E-state index contributed by atoms with van der Waals surface area (Å²) in [6, 6.07) is 27.2. The molecule has 0 aromatic heterocycles. The van der Waals surface area contributed by atoms with Gasteiger partial charge in [-0.15, -0.1) is 0 Å². The van der Waals surface area contributed by atoms with E-state index in [0.717, 1.165) is 16.7 Å². The van der Waals surface area contributed by atoms with E-state index in [-0.39, 0.29) is 24.5 Å². The highest BCUT2D eigenvalue weighted by Gasteiger charge is 2.34. The lowest BCUT2D eigenvalue weighted by molar-refractivity contribution is -0.124. The van der Waals surface area contributed by atoms with Crippen LogP contribution in [0.3, 0.4) is 0 Å². The Labute approximate surface area is 241 Å². The molecule has 0 aliphatic carbocycles. The third-order valence-corrected chi connectivity index (χ3v) is 6.93. The summed E-state index contributed by atoms with van der Waals surface area (Å²) in [6.45, 7) is 4.37. The zero-order chi connectivity index (χ0) is 29.0. The van der Waals surface area contributed by atoms with Crippen LogP contribution in [0.2, 0.25) is 0 Å². The molecule has 3 N–H and O–H groups in total. The Bertz CT molecular complexity index is 1270. The fourth-order valence-corrected chi connectivity index (χ4v) is 4.74. The number of aliphatic hydroxyl groups is 1. The van der Waals surface area contributed by atoms with Gasteiger partial charge in [-0.3, -0.25) is 4.79 Å². The summed E-state index contributed by atoms with van der Waals surface area (Å²) in [5.74, 6) is -0.0689. The van der Waals surface area contributed by atoms with Gasteiger partial charge >= 0.3 is 6.09 Å². The molecular formula is C33H39N3O5. The van der Waals surface area contributed by atoms with Crippen LogP contribution in [-0.4, -0.2) is 47.8 Å². The SMILES string of the molecule is CC(C)C[C@H](NC(=O)OCc1ccccc1)C(=O)N[C@@H](CCc1ccccc1)C(O)C1=N[C@@H](c2ccccc2)CO1. The van der Waals surface area contributed by atoms with Gasteiger partial charge in [0, 0.05) is 0 Å². The zero-order valence-electron chi connectivity index (χ0n) is 23.6. The van der Waals surface area contributed by atoms with Crippen molar-refractivity contribution < 1.29 is 24.2 Å². The largest absolute Gasteiger partial charge is 0.476 e. The fourth-order valence-electron chi connectivity index (χ4n) is 4.74. The number of aliphatic imine (C=N–C) groups is 1. The first kappa shape index (κ1) is 29.8. The van der Waals surface area contributed by atoms with Gasteiger partial charge in [-0.2, -0.15) is 0 Å². The smallest absolute Gasteiger partial charge is 0.408 e. The van der Waals surface area contributed by atoms with Crippen LogP contribution in [0, 0.1) is 5.92 Å². The van der Waals surface area contributed by atoms with Crippen molar-refractivity contribution in [3.05, 3.63) is 108 Å². The molecule has 4 rings (SSSR count). The number of rotatable bonds is 13. The summed E-state index contributed by atoms with van der Waals surface area (Å²) in [7, 11) is 0. The van der Waals surface area contributed by atoms with Crippen LogP contribution in [0.25, 0.3) is 0 Å². The number of carbonyl (C=O) groups excluding carboxylic acids is 2. The van der Waals surface area contributed by atoms with Gasteiger partial charge in [0.2, 0.25) is 11.8 Å². The maximum Gasteiger partial charge on any atom is 0.408 e. The Morgan fingerprint density at radius 1 is 0.927 bits per heavy atom. The van der Waals surface area contributed by atoms with Gasteiger partial charge in [-0.05, 0) is 41.9 Å². The topological polar surface area (TPSA) is 109 Å². The molecule has 0 saturated carbocycles. The molecular weight excluding hydrogens is 518 g/mol. The Balaban J connectivity index is 1.45. The summed E-state index contributed by atoms with van der Waals surface area (Å²) in [5, 5.41) is 17.1. The van der Waals surface area contributed by atoms with Crippen LogP contribution in [0.4, 0.5) is 4.79 Å². The number of amides is 2. The summed E-state index contributed by atoms with van der Waals surface area (Å²) >= 11 is 0. The highest BCUT2D eigenvalue weighted by molar-refractivity contribution is 5.88. The molecule has 2 amide bonds. The van der Waals surface area contributed by atoms with Gasteiger partial charge in [-0.25, -0.2) is 9.79 Å². The number of aliphatic hydroxyl groups excluding tert-OH is 1. The lowest BCUT2D eigenvalue weighted by Gasteiger charge is -2.27. The van der Waals surface area contributed by atoms with Gasteiger partial charge in [-0.1, -0.05) is 105 Å². The van der Waals surface area contributed by atoms with E-state index in [0.29, 0.717) is 25.9 Å². The molecule has 0 saturated heterocycles. The van der Waals surface area contributed by atoms with Crippen molar-refractivity contribution in [3.63, 3.8) is 0 Å². The molecule has 3 aromatic rings.